The maximum atomic E-state index is 6.42. The summed E-state index contributed by atoms with van der Waals surface area (Å²) in [6.45, 7) is 5.32. The van der Waals surface area contributed by atoms with Crippen molar-refractivity contribution in [2.75, 3.05) is 6.54 Å². The van der Waals surface area contributed by atoms with Crippen LogP contribution in [-0.4, -0.2) is 6.54 Å². The van der Waals surface area contributed by atoms with Crippen molar-refractivity contribution >= 4 is 34.3 Å². The van der Waals surface area contributed by atoms with E-state index in [-0.39, 0.29) is 0 Å². The largest absolute Gasteiger partial charge is 0.309 e. The lowest BCUT2D eigenvalue weighted by Crippen LogP contribution is -2.22. The van der Waals surface area contributed by atoms with Crippen LogP contribution in [0, 0.1) is 6.92 Å². The number of hydrogen-bond donors (Lipinski definition) is 1. The zero-order valence-corrected chi connectivity index (χ0v) is 13.8. The van der Waals surface area contributed by atoms with Crippen molar-refractivity contribution in [2.45, 2.75) is 39.2 Å². The van der Waals surface area contributed by atoms with Gasteiger partial charge in [-0.1, -0.05) is 24.6 Å². The number of rotatable bonds is 7. The Balaban J connectivity index is 2.04. The van der Waals surface area contributed by atoms with Crippen molar-refractivity contribution < 1.29 is 0 Å². The Morgan fingerprint density at radius 2 is 2.21 bits per heavy atom. The standard InChI is InChI=1S/C15H20ClNS2/c1-3-8-17-13(7-6-12-5-4-9-18-12)15-14(16)11(2)10-19-15/h4-5,9-10,13,17H,3,6-8H2,1-2H3. The molecule has 0 saturated carbocycles. The van der Waals surface area contributed by atoms with Gasteiger partial charge in [0.1, 0.15) is 0 Å². The molecule has 1 nitrogen and oxygen atoms in total. The second-order valence-electron chi connectivity index (χ2n) is 4.72. The van der Waals surface area contributed by atoms with Crippen molar-refractivity contribution in [3.63, 3.8) is 0 Å². The molecule has 2 aromatic heterocycles. The molecule has 0 bridgehead atoms. The Hall–Kier alpha value is -0.350. The third-order valence-electron chi connectivity index (χ3n) is 3.14. The Morgan fingerprint density at radius 1 is 1.37 bits per heavy atom. The molecule has 0 aliphatic carbocycles. The van der Waals surface area contributed by atoms with E-state index in [1.807, 2.05) is 11.3 Å². The van der Waals surface area contributed by atoms with E-state index in [1.165, 1.54) is 15.3 Å². The third kappa shape index (κ3) is 4.06. The number of nitrogens with one attached hydrogen (secondary N) is 1. The van der Waals surface area contributed by atoms with Crippen LogP contribution in [-0.2, 0) is 6.42 Å². The van der Waals surface area contributed by atoms with Crippen LogP contribution in [0.3, 0.4) is 0 Å². The van der Waals surface area contributed by atoms with E-state index in [0.29, 0.717) is 6.04 Å². The molecule has 0 aliphatic rings. The van der Waals surface area contributed by atoms with Gasteiger partial charge in [-0.25, -0.2) is 0 Å². The second-order valence-corrected chi connectivity index (χ2v) is 7.04. The fourth-order valence-electron chi connectivity index (χ4n) is 2.07. The summed E-state index contributed by atoms with van der Waals surface area (Å²) >= 11 is 10.0. The number of thiophene rings is 2. The lowest BCUT2D eigenvalue weighted by molar-refractivity contribution is 0.507. The van der Waals surface area contributed by atoms with E-state index < -0.39 is 0 Å². The second kappa shape index (κ2) is 7.44. The molecule has 4 heteroatoms. The Labute approximate surface area is 128 Å². The summed E-state index contributed by atoms with van der Waals surface area (Å²) in [6.07, 6.45) is 3.38. The normalized spacial score (nSPS) is 12.8. The number of hydrogen-bond acceptors (Lipinski definition) is 3. The van der Waals surface area contributed by atoms with Gasteiger partial charge in [0.2, 0.25) is 0 Å². The third-order valence-corrected chi connectivity index (χ3v) is 5.91. The van der Waals surface area contributed by atoms with Gasteiger partial charge in [0.25, 0.3) is 0 Å². The average Bonchev–Trinajstić information content (AvgIpc) is 3.03. The van der Waals surface area contributed by atoms with Crippen molar-refractivity contribution in [2.24, 2.45) is 0 Å². The summed E-state index contributed by atoms with van der Waals surface area (Å²) in [5.74, 6) is 0. The molecule has 0 aliphatic heterocycles. The first-order valence-corrected chi connectivity index (χ1v) is 8.85. The van der Waals surface area contributed by atoms with Gasteiger partial charge < -0.3 is 5.32 Å². The van der Waals surface area contributed by atoms with Crippen LogP contribution in [0.15, 0.2) is 22.9 Å². The molecule has 0 spiro atoms. The van der Waals surface area contributed by atoms with Gasteiger partial charge in [-0.3, -0.25) is 0 Å². The summed E-state index contributed by atoms with van der Waals surface area (Å²) in [5, 5.41) is 8.88. The Kier molecular flexibility index (Phi) is 5.89. The zero-order valence-electron chi connectivity index (χ0n) is 11.4. The van der Waals surface area contributed by atoms with Crippen molar-refractivity contribution in [1.29, 1.82) is 0 Å². The predicted octanol–water partition coefficient (Wildman–Crippen LogP) is 5.44. The quantitative estimate of drug-likeness (QED) is 0.717. The van der Waals surface area contributed by atoms with E-state index in [4.69, 9.17) is 11.6 Å². The van der Waals surface area contributed by atoms with Gasteiger partial charge in [-0.15, -0.1) is 22.7 Å². The van der Waals surface area contributed by atoms with E-state index in [9.17, 15) is 0 Å². The molecule has 1 N–H and O–H groups in total. The lowest BCUT2D eigenvalue weighted by atomic mass is 10.1. The highest BCUT2D eigenvalue weighted by atomic mass is 35.5. The van der Waals surface area contributed by atoms with E-state index >= 15 is 0 Å². The minimum atomic E-state index is 0.383. The van der Waals surface area contributed by atoms with Crippen LogP contribution in [0.25, 0.3) is 0 Å². The number of aryl methyl sites for hydroxylation is 2. The molecule has 2 rings (SSSR count). The maximum absolute atomic E-state index is 6.42. The molecule has 0 fully saturated rings. The van der Waals surface area contributed by atoms with E-state index in [2.05, 4.69) is 42.1 Å². The highest BCUT2D eigenvalue weighted by Crippen LogP contribution is 2.34. The molecular formula is C15H20ClNS2. The molecule has 0 radical (unpaired) electrons. The minimum absolute atomic E-state index is 0.383. The van der Waals surface area contributed by atoms with Crippen LogP contribution < -0.4 is 5.32 Å². The van der Waals surface area contributed by atoms with Gasteiger partial charge in [-0.2, -0.15) is 0 Å². The van der Waals surface area contributed by atoms with Crippen LogP contribution >= 0.6 is 34.3 Å². The van der Waals surface area contributed by atoms with Gasteiger partial charge in [-0.05, 0) is 55.1 Å². The van der Waals surface area contributed by atoms with Gasteiger partial charge >= 0.3 is 0 Å². The predicted molar refractivity (Wildman–Crippen MR) is 87.7 cm³/mol. The summed E-state index contributed by atoms with van der Waals surface area (Å²) in [5.41, 5.74) is 1.20. The molecule has 0 aromatic carbocycles. The van der Waals surface area contributed by atoms with Gasteiger partial charge in [0.15, 0.2) is 0 Å². The lowest BCUT2D eigenvalue weighted by Gasteiger charge is -2.17. The number of halogens is 1. The SMILES string of the molecule is CCCNC(CCc1cccs1)c1scc(C)c1Cl. The Bertz CT molecular complexity index is 490. The zero-order chi connectivity index (χ0) is 13.7. The first-order valence-electron chi connectivity index (χ1n) is 6.71. The van der Waals surface area contributed by atoms with Crippen LogP contribution in [0.5, 0.6) is 0 Å². The highest BCUT2D eigenvalue weighted by Gasteiger charge is 2.17. The molecule has 0 amide bonds. The molecular weight excluding hydrogens is 294 g/mol. The van der Waals surface area contributed by atoms with E-state index in [1.54, 1.807) is 11.3 Å². The molecule has 19 heavy (non-hydrogen) atoms. The maximum Gasteiger partial charge on any atom is 0.0590 e. The van der Waals surface area contributed by atoms with Crippen molar-refractivity contribution in [1.82, 2.24) is 5.32 Å². The molecule has 0 saturated heterocycles. The summed E-state index contributed by atoms with van der Waals surface area (Å²) in [7, 11) is 0. The highest BCUT2D eigenvalue weighted by molar-refractivity contribution is 7.11. The fraction of sp³-hybridized carbons (Fsp3) is 0.467. The topological polar surface area (TPSA) is 12.0 Å². The van der Waals surface area contributed by atoms with Crippen LogP contribution in [0.2, 0.25) is 5.02 Å². The Morgan fingerprint density at radius 3 is 2.79 bits per heavy atom. The smallest absolute Gasteiger partial charge is 0.0590 e. The van der Waals surface area contributed by atoms with E-state index in [0.717, 1.165) is 30.8 Å². The van der Waals surface area contributed by atoms with Gasteiger partial charge in [0.05, 0.1) is 5.02 Å². The van der Waals surface area contributed by atoms with Crippen molar-refractivity contribution in [3.8, 4) is 0 Å². The summed E-state index contributed by atoms with van der Waals surface area (Å²) in [6, 6.07) is 4.72. The van der Waals surface area contributed by atoms with Gasteiger partial charge in [0, 0.05) is 15.8 Å². The minimum Gasteiger partial charge on any atom is -0.309 e. The molecule has 104 valence electrons. The summed E-state index contributed by atoms with van der Waals surface area (Å²) < 4.78 is 0. The van der Waals surface area contributed by atoms with Crippen LogP contribution in [0.4, 0.5) is 0 Å². The van der Waals surface area contributed by atoms with Crippen molar-refractivity contribution in [3.05, 3.63) is 43.2 Å². The first-order chi connectivity index (χ1) is 9.22. The van der Waals surface area contributed by atoms with Crippen LogP contribution in [0.1, 0.15) is 41.1 Å². The monoisotopic (exact) mass is 313 g/mol. The fourth-order valence-corrected chi connectivity index (χ4v) is 4.23. The molecule has 1 atom stereocenters. The first kappa shape index (κ1) is 15.0. The summed E-state index contributed by atoms with van der Waals surface area (Å²) in [4.78, 5) is 2.75. The molecule has 1 unspecified atom stereocenters. The average molecular weight is 314 g/mol. The molecule has 2 aromatic rings. The molecule has 2 heterocycles.